The van der Waals surface area contributed by atoms with Gasteiger partial charge in [-0.2, -0.15) is 0 Å². The molecule has 1 aromatic heterocycles. The average Bonchev–Trinajstić information content (AvgIpc) is 3.19. The third-order valence-electron chi connectivity index (χ3n) is 4.38. The van der Waals surface area contributed by atoms with Gasteiger partial charge in [-0.05, 0) is 44.4 Å². The first-order valence-corrected chi connectivity index (χ1v) is 7.67. The van der Waals surface area contributed by atoms with E-state index >= 15 is 0 Å². The first-order chi connectivity index (χ1) is 9.92. The van der Waals surface area contributed by atoms with Crippen molar-refractivity contribution in [3.63, 3.8) is 0 Å². The fourth-order valence-electron chi connectivity index (χ4n) is 3.31. The summed E-state index contributed by atoms with van der Waals surface area (Å²) < 4.78 is 0. The number of hydrogen-bond acceptors (Lipinski definition) is 4. The van der Waals surface area contributed by atoms with Gasteiger partial charge in [-0.25, -0.2) is 9.97 Å². The van der Waals surface area contributed by atoms with Crippen LogP contribution in [0, 0.1) is 0 Å². The Morgan fingerprint density at radius 2 is 1.90 bits per heavy atom. The van der Waals surface area contributed by atoms with E-state index in [2.05, 4.69) is 34.5 Å². The van der Waals surface area contributed by atoms with Gasteiger partial charge < -0.3 is 10.2 Å². The van der Waals surface area contributed by atoms with Gasteiger partial charge >= 0.3 is 0 Å². The van der Waals surface area contributed by atoms with Crippen LogP contribution in [0.4, 0.5) is 5.82 Å². The molecule has 1 unspecified atom stereocenters. The highest BCUT2D eigenvalue weighted by Crippen LogP contribution is 2.29. The quantitative estimate of drug-likeness (QED) is 0.909. The molecule has 0 spiro atoms. The third kappa shape index (κ3) is 2.04. The van der Waals surface area contributed by atoms with E-state index in [1.54, 1.807) is 0 Å². The molecule has 0 amide bonds. The summed E-state index contributed by atoms with van der Waals surface area (Å²) in [7, 11) is 0. The normalized spacial score (nSPS) is 22.8. The Morgan fingerprint density at radius 3 is 2.70 bits per heavy atom. The van der Waals surface area contributed by atoms with Crippen LogP contribution in [-0.4, -0.2) is 29.6 Å². The number of fused-ring (bicyclic) bond motifs is 1. The van der Waals surface area contributed by atoms with Crippen molar-refractivity contribution < 1.29 is 0 Å². The molecule has 1 aromatic carbocycles. The smallest absolute Gasteiger partial charge is 0.148 e. The number of nitrogens with zero attached hydrogens (tertiary/aromatic N) is 3. The van der Waals surface area contributed by atoms with E-state index < -0.39 is 0 Å². The number of benzene rings is 1. The summed E-state index contributed by atoms with van der Waals surface area (Å²) in [5, 5.41) is 4.70. The molecule has 0 aliphatic carbocycles. The van der Waals surface area contributed by atoms with E-state index in [9.17, 15) is 0 Å². The van der Waals surface area contributed by atoms with E-state index in [-0.39, 0.29) is 0 Å². The van der Waals surface area contributed by atoms with Crippen molar-refractivity contribution in [1.29, 1.82) is 0 Å². The molecule has 2 aromatic rings. The van der Waals surface area contributed by atoms with E-state index in [4.69, 9.17) is 9.97 Å². The summed E-state index contributed by atoms with van der Waals surface area (Å²) in [4.78, 5) is 12.1. The molecule has 2 fully saturated rings. The van der Waals surface area contributed by atoms with Gasteiger partial charge in [0.2, 0.25) is 0 Å². The lowest BCUT2D eigenvalue weighted by molar-refractivity contribution is 0.607. The Kier molecular flexibility index (Phi) is 3.03. The van der Waals surface area contributed by atoms with Gasteiger partial charge in [-0.3, -0.25) is 0 Å². The fraction of sp³-hybridized carbons (Fsp3) is 0.500. The van der Waals surface area contributed by atoms with Gasteiger partial charge in [-0.1, -0.05) is 12.1 Å². The van der Waals surface area contributed by atoms with Crippen molar-refractivity contribution in [2.75, 3.05) is 24.5 Å². The molecule has 4 heteroatoms. The minimum atomic E-state index is 0.334. The zero-order chi connectivity index (χ0) is 13.4. The Morgan fingerprint density at radius 1 is 1.05 bits per heavy atom. The maximum atomic E-state index is 4.92. The van der Waals surface area contributed by atoms with E-state index in [1.165, 1.54) is 24.6 Å². The van der Waals surface area contributed by atoms with Crippen LogP contribution in [0.5, 0.6) is 0 Å². The van der Waals surface area contributed by atoms with Crippen molar-refractivity contribution in [2.45, 2.75) is 31.7 Å². The monoisotopic (exact) mass is 268 g/mol. The standard InChI is InChI=1S/C16H20N4/c1-2-7-13-12(6-1)16(20-10-3-4-11-20)19-15(18-13)14-8-5-9-17-14/h1-2,6-7,14,17H,3-5,8-11H2. The number of nitrogens with one attached hydrogen (secondary N) is 1. The number of aromatic nitrogens is 2. The molecular weight excluding hydrogens is 248 g/mol. The maximum absolute atomic E-state index is 4.92. The molecule has 0 radical (unpaired) electrons. The third-order valence-corrected chi connectivity index (χ3v) is 4.38. The second kappa shape index (κ2) is 5.02. The second-order valence-corrected chi connectivity index (χ2v) is 5.77. The Bertz CT molecular complexity index is 613. The van der Waals surface area contributed by atoms with Crippen LogP contribution in [0.15, 0.2) is 24.3 Å². The molecule has 2 aliphatic rings. The lowest BCUT2D eigenvalue weighted by Crippen LogP contribution is -2.22. The molecule has 0 saturated carbocycles. The van der Waals surface area contributed by atoms with Gasteiger partial charge in [0.1, 0.15) is 11.6 Å². The maximum Gasteiger partial charge on any atom is 0.148 e. The highest BCUT2D eigenvalue weighted by atomic mass is 15.2. The second-order valence-electron chi connectivity index (χ2n) is 5.77. The molecule has 3 heterocycles. The summed E-state index contributed by atoms with van der Waals surface area (Å²) in [6.07, 6.45) is 4.92. The predicted molar refractivity (Wildman–Crippen MR) is 81.0 cm³/mol. The fourth-order valence-corrected chi connectivity index (χ4v) is 3.31. The van der Waals surface area contributed by atoms with E-state index in [0.29, 0.717) is 6.04 Å². The van der Waals surface area contributed by atoms with Crippen LogP contribution in [0.25, 0.3) is 10.9 Å². The molecule has 4 nitrogen and oxygen atoms in total. The number of hydrogen-bond donors (Lipinski definition) is 1. The van der Waals surface area contributed by atoms with Crippen molar-refractivity contribution in [1.82, 2.24) is 15.3 Å². The largest absolute Gasteiger partial charge is 0.356 e. The number of anilines is 1. The van der Waals surface area contributed by atoms with E-state index in [1.807, 2.05) is 0 Å². The van der Waals surface area contributed by atoms with E-state index in [0.717, 1.165) is 43.2 Å². The Hall–Kier alpha value is -1.68. The van der Waals surface area contributed by atoms with Gasteiger partial charge in [0.05, 0.1) is 11.6 Å². The zero-order valence-corrected chi connectivity index (χ0v) is 11.7. The Labute approximate surface area is 119 Å². The summed E-state index contributed by atoms with van der Waals surface area (Å²) in [6, 6.07) is 8.73. The molecule has 4 rings (SSSR count). The zero-order valence-electron chi connectivity index (χ0n) is 11.7. The molecular formula is C16H20N4. The molecule has 1 atom stereocenters. The van der Waals surface area contributed by atoms with Crippen molar-refractivity contribution in [3.8, 4) is 0 Å². The molecule has 0 bridgehead atoms. The predicted octanol–water partition coefficient (Wildman–Crippen LogP) is 2.65. The highest BCUT2D eigenvalue weighted by molar-refractivity contribution is 5.89. The van der Waals surface area contributed by atoms with Gasteiger partial charge in [-0.15, -0.1) is 0 Å². The topological polar surface area (TPSA) is 41.1 Å². The van der Waals surface area contributed by atoms with Crippen LogP contribution in [-0.2, 0) is 0 Å². The molecule has 2 aliphatic heterocycles. The highest BCUT2D eigenvalue weighted by Gasteiger charge is 2.23. The number of para-hydroxylation sites is 1. The van der Waals surface area contributed by atoms with Gasteiger partial charge in [0.15, 0.2) is 0 Å². The first-order valence-electron chi connectivity index (χ1n) is 7.67. The van der Waals surface area contributed by atoms with Crippen molar-refractivity contribution >= 4 is 16.7 Å². The molecule has 20 heavy (non-hydrogen) atoms. The van der Waals surface area contributed by atoms with Gasteiger partial charge in [0, 0.05) is 18.5 Å². The van der Waals surface area contributed by atoms with Crippen LogP contribution < -0.4 is 10.2 Å². The summed E-state index contributed by atoms with van der Waals surface area (Å²) >= 11 is 0. The Balaban J connectivity index is 1.85. The van der Waals surface area contributed by atoms with Crippen LogP contribution >= 0.6 is 0 Å². The van der Waals surface area contributed by atoms with Crippen molar-refractivity contribution in [3.05, 3.63) is 30.1 Å². The summed E-state index contributed by atoms with van der Waals surface area (Å²) in [5.41, 5.74) is 1.08. The average molecular weight is 268 g/mol. The summed E-state index contributed by atoms with van der Waals surface area (Å²) in [5.74, 6) is 2.11. The molecule has 2 saturated heterocycles. The molecule has 104 valence electrons. The van der Waals surface area contributed by atoms with Crippen molar-refractivity contribution in [2.24, 2.45) is 0 Å². The molecule has 1 N–H and O–H groups in total. The number of rotatable bonds is 2. The minimum absolute atomic E-state index is 0.334. The SMILES string of the molecule is c1ccc2c(N3CCCC3)nc(C3CCCN3)nc2c1. The minimum Gasteiger partial charge on any atom is -0.356 e. The van der Waals surface area contributed by atoms with Gasteiger partial charge in [0.25, 0.3) is 0 Å². The lowest BCUT2D eigenvalue weighted by Gasteiger charge is -2.20. The first kappa shape index (κ1) is 12.1. The van der Waals surface area contributed by atoms with Crippen LogP contribution in [0.3, 0.4) is 0 Å². The summed E-state index contributed by atoms with van der Waals surface area (Å²) in [6.45, 7) is 3.33. The lowest BCUT2D eigenvalue weighted by atomic mass is 10.2. The van der Waals surface area contributed by atoms with Crippen LogP contribution in [0.2, 0.25) is 0 Å². The van der Waals surface area contributed by atoms with Crippen LogP contribution in [0.1, 0.15) is 37.5 Å².